The van der Waals surface area contributed by atoms with Gasteiger partial charge in [0.05, 0.1) is 10.6 Å². The molecule has 0 saturated carbocycles. The summed E-state index contributed by atoms with van der Waals surface area (Å²) in [7, 11) is -0.255. The van der Waals surface area contributed by atoms with Crippen molar-refractivity contribution in [3.05, 3.63) is 28.3 Å². The van der Waals surface area contributed by atoms with Gasteiger partial charge in [-0.25, -0.2) is 13.1 Å². The summed E-state index contributed by atoms with van der Waals surface area (Å²) < 4.78 is 27.5. The van der Waals surface area contributed by atoms with Gasteiger partial charge in [-0.05, 0) is 26.1 Å². The lowest BCUT2D eigenvalue weighted by molar-refractivity contribution is -0.384. The van der Waals surface area contributed by atoms with E-state index in [1.54, 1.807) is 0 Å². The minimum Gasteiger partial charge on any atom is -0.387 e. The van der Waals surface area contributed by atoms with E-state index in [9.17, 15) is 18.5 Å². The van der Waals surface area contributed by atoms with Crippen molar-refractivity contribution in [3.8, 4) is 0 Å². The Morgan fingerprint density at radius 1 is 1.43 bits per heavy atom. The summed E-state index contributed by atoms with van der Waals surface area (Å²) in [5.41, 5.74) is 0.0574. The van der Waals surface area contributed by atoms with Crippen LogP contribution in [0.3, 0.4) is 0 Å². The Morgan fingerprint density at radius 2 is 2.14 bits per heavy atom. The maximum absolute atomic E-state index is 12.4. The summed E-state index contributed by atoms with van der Waals surface area (Å²) in [6.07, 6.45) is 0.748. The summed E-state index contributed by atoms with van der Waals surface area (Å²) in [5.74, 6) is 0. The van der Waals surface area contributed by atoms with Crippen molar-refractivity contribution in [3.63, 3.8) is 0 Å². The summed E-state index contributed by atoms with van der Waals surface area (Å²) in [6, 6.07) is 3.52. The number of nitro groups is 1. The van der Waals surface area contributed by atoms with Gasteiger partial charge in [-0.1, -0.05) is 0 Å². The van der Waals surface area contributed by atoms with Crippen LogP contribution in [0.4, 0.5) is 11.4 Å². The molecule has 1 heterocycles. The zero-order chi connectivity index (χ0) is 15.6. The van der Waals surface area contributed by atoms with Crippen LogP contribution in [0.2, 0.25) is 0 Å². The molecule has 0 radical (unpaired) electrons. The predicted molar refractivity (Wildman–Crippen MR) is 78.9 cm³/mol. The molecule has 2 rings (SSSR count). The third-order valence-electron chi connectivity index (χ3n) is 3.45. The Labute approximate surface area is 123 Å². The van der Waals surface area contributed by atoms with Gasteiger partial charge in [0.2, 0.25) is 10.0 Å². The Morgan fingerprint density at radius 3 is 2.67 bits per heavy atom. The number of sulfonamides is 1. The number of likely N-dealkylation sites (N-methyl/N-ethyl adjacent to an activating group) is 1. The number of benzene rings is 1. The van der Waals surface area contributed by atoms with Crippen molar-refractivity contribution in [2.24, 2.45) is 0 Å². The van der Waals surface area contributed by atoms with Crippen LogP contribution in [0, 0.1) is 10.1 Å². The molecule has 0 aromatic heterocycles. The van der Waals surface area contributed by atoms with Gasteiger partial charge in [0.15, 0.2) is 0 Å². The number of hydrogen-bond donors (Lipinski definition) is 2. The Bertz CT molecular complexity index is 647. The van der Waals surface area contributed by atoms with Crippen molar-refractivity contribution < 1.29 is 13.3 Å². The van der Waals surface area contributed by atoms with Crippen LogP contribution in [0.15, 0.2) is 23.1 Å². The number of nitrogens with zero attached hydrogens (tertiary/aromatic N) is 2. The van der Waals surface area contributed by atoms with Gasteiger partial charge >= 0.3 is 0 Å². The van der Waals surface area contributed by atoms with Gasteiger partial charge in [0.1, 0.15) is 4.90 Å². The molecule has 1 aliphatic heterocycles. The molecule has 1 saturated heterocycles. The molecule has 1 aromatic carbocycles. The fourth-order valence-corrected chi connectivity index (χ4v) is 3.83. The number of nitrogens with one attached hydrogen (secondary N) is 2. The summed E-state index contributed by atoms with van der Waals surface area (Å²) >= 11 is 0. The van der Waals surface area contributed by atoms with Gasteiger partial charge in [0.25, 0.3) is 5.69 Å². The molecule has 9 heteroatoms. The third kappa shape index (κ3) is 3.49. The number of likely N-dealkylation sites (tertiary alicyclic amines) is 1. The number of hydrogen-bond acceptors (Lipinski definition) is 6. The standard InChI is InChI=1S/C12H18N4O4S/c1-13-11-7-10(16(17)18)3-4-12(11)21(19,20)14-9-5-6-15(2)8-9/h3-4,7,9,13-14H,5-6,8H2,1-2H3. The maximum atomic E-state index is 12.4. The van der Waals surface area contributed by atoms with Gasteiger partial charge in [-0.15, -0.1) is 0 Å². The number of nitro benzene ring substituents is 1. The van der Waals surface area contributed by atoms with E-state index in [-0.39, 0.29) is 22.3 Å². The molecule has 116 valence electrons. The monoisotopic (exact) mass is 314 g/mol. The van der Waals surface area contributed by atoms with Gasteiger partial charge < -0.3 is 10.2 Å². The Kier molecular flexibility index (Phi) is 4.45. The number of non-ortho nitro benzene ring substituents is 1. The molecular weight excluding hydrogens is 296 g/mol. The van der Waals surface area contributed by atoms with Gasteiger partial charge in [0, 0.05) is 31.8 Å². The van der Waals surface area contributed by atoms with E-state index in [0.717, 1.165) is 13.0 Å². The zero-order valence-corrected chi connectivity index (χ0v) is 12.7. The van der Waals surface area contributed by atoms with Crippen LogP contribution in [0.25, 0.3) is 0 Å². The maximum Gasteiger partial charge on any atom is 0.271 e. The minimum atomic E-state index is -3.71. The second kappa shape index (κ2) is 5.96. The SMILES string of the molecule is CNc1cc([N+](=O)[O-])ccc1S(=O)(=O)NC1CCN(C)C1. The quantitative estimate of drug-likeness (QED) is 0.610. The van der Waals surface area contributed by atoms with Crippen LogP contribution < -0.4 is 10.0 Å². The highest BCUT2D eigenvalue weighted by Gasteiger charge is 2.27. The molecule has 1 atom stereocenters. The molecule has 2 N–H and O–H groups in total. The lowest BCUT2D eigenvalue weighted by atomic mass is 10.3. The number of rotatable bonds is 5. The first kappa shape index (κ1) is 15.7. The molecule has 0 spiro atoms. The first-order valence-electron chi connectivity index (χ1n) is 6.50. The second-order valence-electron chi connectivity index (χ2n) is 5.06. The highest BCUT2D eigenvalue weighted by atomic mass is 32.2. The smallest absolute Gasteiger partial charge is 0.271 e. The molecule has 1 unspecified atom stereocenters. The molecular formula is C12H18N4O4S. The van der Waals surface area contributed by atoms with E-state index in [0.29, 0.717) is 6.54 Å². The van der Waals surface area contributed by atoms with Crippen LogP contribution in [0.5, 0.6) is 0 Å². The summed E-state index contributed by atoms with van der Waals surface area (Å²) in [6.45, 7) is 1.49. The van der Waals surface area contributed by atoms with Crippen LogP contribution in [-0.4, -0.2) is 51.5 Å². The largest absolute Gasteiger partial charge is 0.387 e. The van der Waals surface area contributed by atoms with Crippen LogP contribution >= 0.6 is 0 Å². The van der Waals surface area contributed by atoms with Crippen molar-refractivity contribution in [2.45, 2.75) is 17.4 Å². The fraction of sp³-hybridized carbons (Fsp3) is 0.500. The van der Waals surface area contributed by atoms with E-state index >= 15 is 0 Å². The first-order valence-corrected chi connectivity index (χ1v) is 7.99. The van der Waals surface area contributed by atoms with Crippen LogP contribution in [0.1, 0.15) is 6.42 Å². The summed E-state index contributed by atoms with van der Waals surface area (Å²) in [5, 5.41) is 13.4. The second-order valence-corrected chi connectivity index (χ2v) is 6.74. The van der Waals surface area contributed by atoms with Crippen molar-refractivity contribution in [1.29, 1.82) is 0 Å². The van der Waals surface area contributed by atoms with Crippen molar-refractivity contribution in [2.75, 3.05) is 32.5 Å². The molecule has 0 amide bonds. The van der Waals surface area contributed by atoms with Gasteiger partial charge in [-0.3, -0.25) is 10.1 Å². The predicted octanol–water partition coefficient (Wildman–Crippen LogP) is 0.619. The molecule has 0 aliphatic carbocycles. The van der Waals surface area contributed by atoms with E-state index in [1.165, 1.54) is 25.2 Å². The average Bonchev–Trinajstić information content (AvgIpc) is 2.82. The van der Waals surface area contributed by atoms with E-state index < -0.39 is 14.9 Å². The van der Waals surface area contributed by atoms with Crippen molar-refractivity contribution >= 4 is 21.4 Å². The minimum absolute atomic E-state index is 0.0187. The van der Waals surface area contributed by atoms with Crippen molar-refractivity contribution in [1.82, 2.24) is 9.62 Å². The molecule has 1 aromatic rings. The number of anilines is 1. The zero-order valence-electron chi connectivity index (χ0n) is 11.9. The first-order chi connectivity index (χ1) is 9.83. The highest BCUT2D eigenvalue weighted by Crippen LogP contribution is 2.26. The summed E-state index contributed by atoms with van der Waals surface area (Å²) in [4.78, 5) is 12.3. The lowest BCUT2D eigenvalue weighted by Crippen LogP contribution is -2.36. The molecule has 1 aliphatic rings. The molecule has 8 nitrogen and oxygen atoms in total. The topological polar surface area (TPSA) is 105 Å². The molecule has 21 heavy (non-hydrogen) atoms. The lowest BCUT2D eigenvalue weighted by Gasteiger charge is -2.15. The normalized spacial score (nSPS) is 19.6. The van der Waals surface area contributed by atoms with E-state index in [2.05, 4.69) is 10.0 Å². The Hall–Kier alpha value is -1.71. The van der Waals surface area contributed by atoms with E-state index in [4.69, 9.17) is 0 Å². The highest BCUT2D eigenvalue weighted by molar-refractivity contribution is 7.89. The fourth-order valence-electron chi connectivity index (χ4n) is 2.38. The molecule has 1 fully saturated rings. The van der Waals surface area contributed by atoms with Crippen LogP contribution in [-0.2, 0) is 10.0 Å². The van der Waals surface area contributed by atoms with Gasteiger partial charge in [-0.2, -0.15) is 0 Å². The third-order valence-corrected chi connectivity index (χ3v) is 5.02. The van der Waals surface area contributed by atoms with E-state index in [1.807, 2.05) is 11.9 Å². The Balaban J connectivity index is 2.29. The molecule has 0 bridgehead atoms. The average molecular weight is 314 g/mol.